The molecule has 0 spiro atoms. The van der Waals surface area contributed by atoms with Gasteiger partial charge in [-0.25, -0.2) is 8.78 Å². The molecule has 0 radical (unpaired) electrons. The second-order valence-corrected chi connectivity index (χ2v) is 6.18. The molecule has 0 aliphatic rings. The fourth-order valence-corrected chi connectivity index (χ4v) is 2.65. The molecule has 2 aromatic rings. The van der Waals surface area contributed by atoms with Crippen molar-refractivity contribution in [2.45, 2.75) is 32.3 Å². The third-order valence-corrected chi connectivity index (χ3v) is 4.26. The van der Waals surface area contributed by atoms with Crippen LogP contribution in [0.5, 0.6) is 0 Å². The van der Waals surface area contributed by atoms with Crippen molar-refractivity contribution >= 4 is 15.9 Å². The van der Waals surface area contributed by atoms with Gasteiger partial charge in [-0.1, -0.05) is 31.2 Å². The minimum atomic E-state index is -1.34. The van der Waals surface area contributed by atoms with Gasteiger partial charge in [-0.2, -0.15) is 0 Å². The molecule has 1 nitrogen and oxygen atoms in total. The summed E-state index contributed by atoms with van der Waals surface area (Å²) in [7, 11) is 0. The predicted octanol–water partition coefficient (Wildman–Crippen LogP) is 4.74. The minimum absolute atomic E-state index is 0.117. The molecule has 2 rings (SSSR count). The molecule has 0 saturated heterocycles. The second-order valence-electron chi connectivity index (χ2n) is 5.32. The normalized spacial score (nSPS) is 14.0. The zero-order chi connectivity index (χ0) is 15.6. The Balaban J connectivity index is 2.34. The van der Waals surface area contributed by atoms with E-state index in [0.717, 1.165) is 12.0 Å². The highest BCUT2D eigenvalue weighted by molar-refractivity contribution is 9.10. The van der Waals surface area contributed by atoms with E-state index in [-0.39, 0.29) is 16.5 Å². The number of aliphatic hydroxyl groups is 1. The van der Waals surface area contributed by atoms with Crippen molar-refractivity contribution in [2.24, 2.45) is 0 Å². The lowest BCUT2D eigenvalue weighted by Gasteiger charge is -2.25. The highest BCUT2D eigenvalue weighted by Gasteiger charge is 2.27. The van der Waals surface area contributed by atoms with Crippen molar-refractivity contribution in [2.75, 3.05) is 0 Å². The standard InChI is InChI=1S/C17H17BrF2O/c1-3-11-4-6-12(7-5-11)17(2,21)10-13-15(19)9-8-14(18)16(13)20/h4-9,21H,3,10H2,1-2H3. The zero-order valence-corrected chi connectivity index (χ0v) is 13.5. The number of benzene rings is 2. The Morgan fingerprint density at radius 3 is 2.29 bits per heavy atom. The lowest BCUT2D eigenvalue weighted by atomic mass is 9.88. The molecule has 0 amide bonds. The van der Waals surface area contributed by atoms with E-state index in [0.29, 0.717) is 5.56 Å². The molecular formula is C17H17BrF2O. The third kappa shape index (κ3) is 3.50. The van der Waals surface area contributed by atoms with Gasteiger partial charge in [-0.15, -0.1) is 0 Å². The molecule has 0 aliphatic heterocycles. The van der Waals surface area contributed by atoms with Crippen molar-refractivity contribution in [3.05, 3.63) is 69.2 Å². The molecule has 112 valence electrons. The summed E-state index contributed by atoms with van der Waals surface area (Å²) in [5.41, 5.74) is 0.330. The lowest BCUT2D eigenvalue weighted by molar-refractivity contribution is 0.0556. The first-order valence-corrected chi connectivity index (χ1v) is 7.58. The maximum absolute atomic E-state index is 14.0. The molecule has 1 unspecified atom stereocenters. The maximum atomic E-state index is 14.0. The van der Waals surface area contributed by atoms with Crippen molar-refractivity contribution in [3.63, 3.8) is 0 Å². The molecular weight excluding hydrogens is 338 g/mol. The highest BCUT2D eigenvalue weighted by atomic mass is 79.9. The van der Waals surface area contributed by atoms with Crippen LogP contribution in [0.4, 0.5) is 8.78 Å². The Labute approximate surface area is 131 Å². The second kappa shape index (κ2) is 6.24. The van der Waals surface area contributed by atoms with E-state index in [1.165, 1.54) is 12.1 Å². The van der Waals surface area contributed by atoms with Gasteiger partial charge in [0.2, 0.25) is 0 Å². The van der Waals surface area contributed by atoms with Gasteiger partial charge in [0, 0.05) is 12.0 Å². The summed E-state index contributed by atoms with van der Waals surface area (Å²) in [5, 5.41) is 10.6. The van der Waals surface area contributed by atoms with Crippen molar-refractivity contribution in [3.8, 4) is 0 Å². The summed E-state index contributed by atoms with van der Waals surface area (Å²) in [6, 6.07) is 9.94. The highest BCUT2D eigenvalue weighted by Crippen LogP contribution is 2.30. The van der Waals surface area contributed by atoms with Gasteiger partial charge in [-0.3, -0.25) is 0 Å². The predicted molar refractivity (Wildman–Crippen MR) is 83.2 cm³/mol. The average molecular weight is 355 g/mol. The Morgan fingerprint density at radius 1 is 1.10 bits per heavy atom. The van der Waals surface area contributed by atoms with Crippen LogP contribution in [0.3, 0.4) is 0 Å². The number of halogens is 3. The first kappa shape index (κ1) is 16.1. The van der Waals surface area contributed by atoms with Crippen LogP contribution in [0.15, 0.2) is 40.9 Å². The number of hydrogen-bond acceptors (Lipinski definition) is 1. The van der Waals surface area contributed by atoms with Crippen LogP contribution in [0.1, 0.15) is 30.5 Å². The SMILES string of the molecule is CCc1ccc(C(C)(O)Cc2c(F)ccc(Br)c2F)cc1. The van der Waals surface area contributed by atoms with Gasteiger partial charge in [0.05, 0.1) is 10.1 Å². The molecule has 1 N–H and O–H groups in total. The monoisotopic (exact) mass is 354 g/mol. The van der Waals surface area contributed by atoms with E-state index in [9.17, 15) is 13.9 Å². The molecule has 0 aromatic heterocycles. The Bertz CT molecular complexity index is 636. The number of hydrogen-bond donors (Lipinski definition) is 1. The average Bonchev–Trinajstić information content (AvgIpc) is 2.48. The van der Waals surface area contributed by atoms with Gasteiger partial charge < -0.3 is 5.11 Å². The van der Waals surface area contributed by atoms with Crippen LogP contribution < -0.4 is 0 Å². The first-order chi connectivity index (χ1) is 9.85. The van der Waals surface area contributed by atoms with Gasteiger partial charge in [-0.05, 0) is 52.5 Å². The lowest BCUT2D eigenvalue weighted by Crippen LogP contribution is -2.25. The van der Waals surface area contributed by atoms with Crippen LogP contribution >= 0.6 is 15.9 Å². The van der Waals surface area contributed by atoms with Gasteiger partial charge >= 0.3 is 0 Å². The van der Waals surface area contributed by atoms with E-state index < -0.39 is 17.2 Å². The summed E-state index contributed by atoms with van der Waals surface area (Å²) >= 11 is 3.04. The first-order valence-electron chi connectivity index (χ1n) is 6.79. The molecule has 0 fully saturated rings. The van der Waals surface area contributed by atoms with Crippen molar-refractivity contribution in [1.82, 2.24) is 0 Å². The summed E-state index contributed by atoms with van der Waals surface area (Å²) < 4.78 is 28.0. The van der Waals surface area contributed by atoms with Crippen LogP contribution in [-0.4, -0.2) is 5.11 Å². The maximum Gasteiger partial charge on any atom is 0.143 e. The Hall–Kier alpha value is -1.26. The van der Waals surface area contributed by atoms with Crippen molar-refractivity contribution in [1.29, 1.82) is 0 Å². The van der Waals surface area contributed by atoms with Crippen LogP contribution in [0, 0.1) is 11.6 Å². The molecule has 0 saturated carbocycles. The van der Waals surface area contributed by atoms with Crippen molar-refractivity contribution < 1.29 is 13.9 Å². The fourth-order valence-electron chi connectivity index (χ4n) is 2.28. The number of aryl methyl sites for hydroxylation is 1. The van der Waals surface area contributed by atoms with Gasteiger partial charge in [0.25, 0.3) is 0 Å². The summed E-state index contributed by atoms with van der Waals surface area (Å²) in [4.78, 5) is 0. The van der Waals surface area contributed by atoms with Gasteiger partial charge in [0.15, 0.2) is 0 Å². The van der Waals surface area contributed by atoms with E-state index >= 15 is 0 Å². The quantitative estimate of drug-likeness (QED) is 0.786. The van der Waals surface area contributed by atoms with Gasteiger partial charge in [0.1, 0.15) is 11.6 Å². The fraction of sp³-hybridized carbons (Fsp3) is 0.294. The zero-order valence-electron chi connectivity index (χ0n) is 12.0. The number of rotatable bonds is 4. The minimum Gasteiger partial charge on any atom is -0.385 e. The largest absolute Gasteiger partial charge is 0.385 e. The van der Waals surface area contributed by atoms with E-state index in [4.69, 9.17) is 0 Å². The van der Waals surface area contributed by atoms with E-state index in [1.807, 2.05) is 19.1 Å². The molecule has 4 heteroatoms. The van der Waals surface area contributed by atoms with Crippen LogP contribution in [-0.2, 0) is 18.4 Å². The Morgan fingerprint density at radius 2 is 1.71 bits per heavy atom. The summed E-state index contributed by atoms with van der Waals surface area (Å²) in [6.07, 6.45) is 0.771. The molecule has 21 heavy (non-hydrogen) atoms. The topological polar surface area (TPSA) is 20.2 Å². The summed E-state index contributed by atoms with van der Waals surface area (Å²) in [5.74, 6) is -1.32. The van der Waals surface area contributed by atoms with E-state index in [2.05, 4.69) is 15.9 Å². The Kier molecular flexibility index (Phi) is 4.79. The van der Waals surface area contributed by atoms with E-state index in [1.54, 1.807) is 19.1 Å². The molecule has 0 heterocycles. The summed E-state index contributed by atoms with van der Waals surface area (Å²) in [6.45, 7) is 3.60. The molecule has 0 aliphatic carbocycles. The molecule has 2 aromatic carbocycles. The molecule has 1 atom stereocenters. The molecule has 0 bridgehead atoms. The van der Waals surface area contributed by atoms with Crippen LogP contribution in [0.25, 0.3) is 0 Å². The third-order valence-electron chi connectivity index (χ3n) is 3.64. The smallest absolute Gasteiger partial charge is 0.143 e. The van der Waals surface area contributed by atoms with Crippen LogP contribution in [0.2, 0.25) is 0 Å².